The van der Waals surface area contributed by atoms with E-state index in [0.717, 1.165) is 26.5 Å². The van der Waals surface area contributed by atoms with Crippen LogP contribution in [-0.4, -0.2) is 16.7 Å². The van der Waals surface area contributed by atoms with Gasteiger partial charge in [-0.1, -0.05) is 0 Å². The Morgan fingerprint density at radius 3 is 2.68 bits per heavy atom. The molecule has 0 fully saturated rings. The summed E-state index contributed by atoms with van der Waals surface area (Å²) in [5.74, 6) is 1.14. The van der Waals surface area contributed by atoms with Crippen molar-refractivity contribution in [2.75, 3.05) is 6.61 Å². The number of hydrogen-bond acceptors (Lipinski definition) is 4. The zero-order valence-corrected chi connectivity index (χ0v) is 11.3. The summed E-state index contributed by atoms with van der Waals surface area (Å²) in [6.07, 6.45) is 0. The van der Waals surface area contributed by atoms with Crippen LogP contribution in [0.5, 0.6) is 11.5 Å². The molecule has 0 aliphatic rings. The number of aromatic hydroxyl groups is 1. The van der Waals surface area contributed by atoms with Crippen molar-refractivity contribution in [3.05, 3.63) is 42.5 Å². The maximum Gasteiger partial charge on any atom is 0.124 e. The maximum absolute atomic E-state index is 9.31. The Balaban J connectivity index is 2.03. The van der Waals surface area contributed by atoms with Gasteiger partial charge in [0, 0.05) is 5.56 Å². The molecule has 0 saturated heterocycles. The third-order valence-electron chi connectivity index (χ3n) is 2.79. The molecule has 1 N–H and O–H groups in total. The third-order valence-corrected chi connectivity index (χ3v) is 3.85. The van der Waals surface area contributed by atoms with Crippen molar-refractivity contribution in [2.45, 2.75) is 6.92 Å². The average molecular weight is 271 g/mol. The van der Waals surface area contributed by atoms with Gasteiger partial charge in [0.1, 0.15) is 16.5 Å². The van der Waals surface area contributed by atoms with Gasteiger partial charge >= 0.3 is 0 Å². The lowest BCUT2D eigenvalue weighted by Gasteiger charge is -2.00. The molecule has 2 aromatic carbocycles. The molecule has 0 atom stereocenters. The molecule has 4 heteroatoms. The summed E-state index contributed by atoms with van der Waals surface area (Å²) in [5, 5.41) is 10.3. The summed E-state index contributed by atoms with van der Waals surface area (Å²) in [4.78, 5) is 4.60. The number of nitrogens with zero attached hydrogens (tertiary/aromatic N) is 1. The number of fused-ring (bicyclic) bond motifs is 1. The Hall–Kier alpha value is -2.07. The summed E-state index contributed by atoms with van der Waals surface area (Å²) in [6, 6.07) is 13.0. The average Bonchev–Trinajstić information content (AvgIpc) is 2.83. The molecular weight excluding hydrogens is 258 g/mol. The highest BCUT2D eigenvalue weighted by Crippen LogP contribution is 2.32. The number of rotatable bonds is 3. The van der Waals surface area contributed by atoms with Crippen LogP contribution in [0.3, 0.4) is 0 Å². The normalized spacial score (nSPS) is 10.8. The Morgan fingerprint density at radius 2 is 1.95 bits per heavy atom. The fraction of sp³-hybridized carbons (Fsp3) is 0.133. The standard InChI is InChI=1S/C15H13NO2S/c1-2-18-12-7-8-13-14(9-12)19-15(16-13)10-3-5-11(17)6-4-10/h3-9,17H,2H2,1H3. The van der Waals surface area contributed by atoms with E-state index in [1.165, 1.54) is 0 Å². The first-order valence-electron chi connectivity index (χ1n) is 6.09. The molecule has 0 aliphatic heterocycles. The molecule has 0 spiro atoms. The maximum atomic E-state index is 9.31. The van der Waals surface area contributed by atoms with E-state index in [0.29, 0.717) is 6.61 Å². The number of aromatic nitrogens is 1. The van der Waals surface area contributed by atoms with Crippen molar-refractivity contribution < 1.29 is 9.84 Å². The molecule has 1 heterocycles. The number of benzene rings is 2. The zero-order chi connectivity index (χ0) is 13.2. The van der Waals surface area contributed by atoms with Crippen LogP contribution in [0.1, 0.15) is 6.92 Å². The SMILES string of the molecule is CCOc1ccc2nc(-c3ccc(O)cc3)sc2c1. The number of thiazole rings is 1. The zero-order valence-electron chi connectivity index (χ0n) is 10.5. The van der Waals surface area contributed by atoms with Crippen molar-refractivity contribution in [3.8, 4) is 22.1 Å². The predicted molar refractivity (Wildman–Crippen MR) is 77.9 cm³/mol. The van der Waals surface area contributed by atoms with E-state index < -0.39 is 0 Å². The first-order chi connectivity index (χ1) is 9.26. The molecule has 0 amide bonds. The van der Waals surface area contributed by atoms with Gasteiger partial charge in [-0.25, -0.2) is 4.98 Å². The van der Waals surface area contributed by atoms with Crippen LogP contribution in [0, 0.1) is 0 Å². The minimum atomic E-state index is 0.267. The predicted octanol–water partition coefficient (Wildman–Crippen LogP) is 4.07. The molecule has 0 aliphatic carbocycles. The van der Waals surface area contributed by atoms with Gasteiger partial charge in [-0.15, -0.1) is 11.3 Å². The molecule has 3 aromatic rings. The quantitative estimate of drug-likeness (QED) is 0.781. The molecule has 0 saturated carbocycles. The van der Waals surface area contributed by atoms with E-state index >= 15 is 0 Å². The van der Waals surface area contributed by atoms with Gasteiger partial charge in [0.25, 0.3) is 0 Å². The number of hydrogen-bond donors (Lipinski definition) is 1. The smallest absolute Gasteiger partial charge is 0.124 e. The second-order valence-electron chi connectivity index (χ2n) is 4.13. The molecule has 0 radical (unpaired) electrons. The van der Waals surface area contributed by atoms with Crippen molar-refractivity contribution >= 4 is 21.6 Å². The van der Waals surface area contributed by atoms with Gasteiger partial charge in [-0.3, -0.25) is 0 Å². The second kappa shape index (κ2) is 4.90. The minimum Gasteiger partial charge on any atom is -0.508 e. The highest BCUT2D eigenvalue weighted by molar-refractivity contribution is 7.21. The molecule has 3 nitrogen and oxygen atoms in total. The molecule has 96 valence electrons. The van der Waals surface area contributed by atoms with Crippen molar-refractivity contribution in [2.24, 2.45) is 0 Å². The van der Waals surface area contributed by atoms with E-state index in [-0.39, 0.29) is 5.75 Å². The second-order valence-corrected chi connectivity index (χ2v) is 5.16. The molecule has 3 rings (SSSR count). The van der Waals surface area contributed by atoms with Gasteiger partial charge in [0.15, 0.2) is 0 Å². The Bertz CT molecular complexity index is 704. The first-order valence-corrected chi connectivity index (χ1v) is 6.90. The van der Waals surface area contributed by atoms with Crippen LogP contribution in [0.2, 0.25) is 0 Å². The van der Waals surface area contributed by atoms with E-state index in [1.807, 2.05) is 37.3 Å². The van der Waals surface area contributed by atoms with Gasteiger partial charge in [0.05, 0.1) is 16.8 Å². The van der Waals surface area contributed by atoms with E-state index in [4.69, 9.17) is 4.74 Å². The Labute approximate surface area is 115 Å². The van der Waals surface area contributed by atoms with E-state index in [2.05, 4.69) is 4.98 Å². The highest BCUT2D eigenvalue weighted by atomic mass is 32.1. The fourth-order valence-electron chi connectivity index (χ4n) is 1.89. The van der Waals surface area contributed by atoms with E-state index in [1.54, 1.807) is 23.5 Å². The summed E-state index contributed by atoms with van der Waals surface area (Å²) in [5.41, 5.74) is 1.98. The topological polar surface area (TPSA) is 42.4 Å². The highest BCUT2D eigenvalue weighted by Gasteiger charge is 2.07. The summed E-state index contributed by atoms with van der Waals surface area (Å²) >= 11 is 1.62. The third kappa shape index (κ3) is 2.39. The van der Waals surface area contributed by atoms with Crippen LogP contribution < -0.4 is 4.74 Å². The van der Waals surface area contributed by atoms with Crippen LogP contribution in [-0.2, 0) is 0 Å². The molecule has 1 aromatic heterocycles. The summed E-state index contributed by atoms with van der Waals surface area (Å²) in [7, 11) is 0. The Kier molecular flexibility index (Phi) is 3.09. The fourth-order valence-corrected chi connectivity index (χ4v) is 2.89. The Morgan fingerprint density at radius 1 is 1.16 bits per heavy atom. The van der Waals surface area contributed by atoms with Crippen LogP contribution in [0.15, 0.2) is 42.5 Å². The van der Waals surface area contributed by atoms with Gasteiger partial charge in [-0.05, 0) is 49.4 Å². The summed E-state index contributed by atoms with van der Waals surface area (Å²) < 4.78 is 6.60. The van der Waals surface area contributed by atoms with Gasteiger partial charge < -0.3 is 9.84 Å². The van der Waals surface area contributed by atoms with Gasteiger partial charge in [-0.2, -0.15) is 0 Å². The molecule has 0 bridgehead atoms. The monoisotopic (exact) mass is 271 g/mol. The largest absolute Gasteiger partial charge is 0.508 e. The molecule has 0 unspecified atom stereocenters. The van der Waals surface area contributed by atoms with Crippen molar-refractivity contribution in [1.29, 1.82) is 0 Å². The van der Waals surface area contributed by atoms with Crippen LogP contribution in [0.4, 0.5) is 0 Å². The van der Waals surface area contributed by atoms with Crippen LogP contribution in [0.25, 0.3) is 20.8 Å². The van der Waals surface area contributed by atoms with Crippen molar-refractivity contribution in [1.82, 2.24) is 4.98 Å². The van der Waals surface area contributed by atoms with Gasteiger partial charge in [0.2, 0.25) is 0 Å². The summed E-state index contributed by atoms with van der Waals surface area (Å²) in [6.45, 7) is 2.63. The lowest BCUT2D eigenvalue weighted by molar-refractivity contribution is 0.341. The molecule has 19 heavy (non-hydrogen) atoms. The number of ether oxygens (including phenoxy) is 1. The number of phenols is 1. The van der Waals surface area contributed by atoms with E-state index in [9.17, 15) is 5.11 Å². The number of phenolic OH excluding ortho intramolecular Hbond substituents is 1. The lowest BCUT2D eigenvalue weighted by atomic mass is 10.2. The van der Waals surface area contributed by atoms with Crippen molar-refractivity contribution in [3.63, 3.8) is 0 Å². The minimum absolute atomic E-state index is 0.267. The first kappa shape index (κ1) is 12.0. The lowest BCUT2D eigenvalue weighted by Crippen LogP contribution is -1.89. The van der Waals surface area contributed by atoms with Crippen LogP contribution >= 0.6 is 11.3 Å². The molecular formula is C15H13NO2S.